The highest BCUT2D eigenvalue weighted by molar-refractivity contribution is 5.61. The van der Waals surface area contributed by atoms with Gasteiger partial charge in [-0.2, -0.15) is 0 Å². The van der Waals surface area contributed by atoms with Gasteiger partial charge in [-0.25, -0.2) is 8.78 Å². The number of hydrogen-bond donors (Lipinski definition) is 1. The molecule has 0 saturated heterocycles. The third-order valence-electron chi connectivity index (χ3n) is 4.86. The topological polar surface area (TPSA) is 21.3 Å². The summed E-state index contributed by atoms with van der Waals surface area (Å²) in [7, 11) is 1.63. The van der Waals surface area contributed by atoms with Crippen LogP contribution in [0.15, 0.2) is 48.6 Å². The van der Waals surface area contributed by atoms with Gasteiger partial charge in [-0.15, -0.1) is 0 Å². The van der Waals surface area contributed by atoms with E-state index in [0.29, 0.717) is 11.3 Å². The molecule has 2 nitrogen and oxygen atoms in total. The molecule has 0 radical (unpaired) electrons. The molecule has 4 rings (SSSR count). The van der Waals surface area contributed by atoms with Crippen LogP contribution in [-0.2, 0) is 0 Å². The second-order valence-corrected chi connectivity index (χ2v) is 6.07. The lowest BCUT2D eigenvalue weighted by Crippen LogP contribution is -2.30. The Morgan fingerprint density at radius 3 is 2.78 bits per heavy atom. The maximum atomic E-state index is 14.3. The first kappa shape index (κ1) is 14.2. The predicted octanol–water partition coefficient (Wildman–Crippen LogP) is 4.80. The minimum Gasteiger partial charge on any atom is -0.496 e. The van der Waals surface area contributed by atoms with Crippen LogP contribution in [0, 0.1) is 17.6 Å². The number of rotatable bonds is 2. The summed E-state index contributed by atoms with van der Waals surface area (Å²) >= 11 is 0. The van der Waals surface area contributed by atoms with Gasteiger partial charge in [-0.1, -0.05) is 30.4 Å². The van der Waals surface area contributed by atoms with Gasteiger partial charge in [-0.05, 0) is 30.0 Å². The molecular weight excluding hydrogens is 296 g/mol. The molecule has 2 aromatic rings. The number of anilines is 1. The van der Waals surface area contributed by atoms with E-state index in [9.17, 15) is 8.78 Å². The van der Waals surface area contributed by atoms with E-state index < -0.39 is 11.6 Å². The number of hydrogen-bond acceptors (Lipinski definition) is 2. The number of ether oxygens (including phenoxy) is 1. The quantitative estimate of drug-likeness (QED) is 0.804. The summed E-state index contributed by atoms with van der Waals surface area (Å²) < 4.78 is 33.4. The maximum Gasteiger partial charge on any atom is 0.149 e. The van der Waals surface area contributed by atoms with Crippen LogP contribution in [0.25, 0.3) is 0 Å². The van der Waals surface area contributed by atoms with Crippen molar-refractivity contribution >= 4 is 5.69 Å². The van der Waals surface area contributed by atoms with Crippen LogP contribution in [0.3, 0.4) is 0 Å². The summed E-state index contributed by atoms with van der Waals surface area (Å²) in [4.78, 5) is 0. The zero-order valence-electron chi connectivity index (χ0n) is 12.7. The molecule has 2 aromatic carbocycles. The van der Waals surface area contributed by atoms with Crippen molar-refractivity contribution in [1.29, 1.82) is 0 Å². The molecule has 0 saturated carbocycles. The average molecular weight is 313 g/mol. The second kappa shape index (κ2) is 5.37. The monoisotopic (exact) mass is 313 g/mol. The second-order valence-electron chi connectivity index (χ2n) is 6.07. The van der Waals surface area contributed by atoms with Gasteiger partial charge in [0.2, 0.25) is 0 Å². The van der Waals surface area contributed by atoms with Crippen molar-refractivity contribution in [1.82, 2.24) is 0 Å². The van der Waals surface area contributed by atoms with E-state index in [4.69, 9.17) is 4.74 Å². The van der Waals surface area contributed by atoms with E-state index in [1.54, 1.807) is 7.11 Å². The van der Waals surface area contributed by atoms with Gasteiger partial charge >= 0.3 is 0 Å². The van der Waals surface area contributed by atoms with E-state index >= 15 is 0 Å². The third-order valence-corrected chi connectivity index (χ3v) is 4.86. The summed E-state index contributed by atoms with van der Waals surface area (Å²) in [6.45, 7) is 0. The summed E-state index contributed by atoms with van der Waals surface area (Å²) in [5.41, 5.74) is 2.10. The Bertz CT molecular complexity index is 787. The molecule has 0 spiro atoms. The Morgan fingerprint density at radius 2 is 1.96 bits per heavy atom. The minimum atomic E-state index is -0.543. The number of nitrogens with one attached hydrogen (secondary N) is 1. The molecule has 118 valence electrons. The molecule has 1 aliphatic heterocycles. The molecule has 3 atom stereocenters. The first-order chi connectivity index (χ1) is 11.2. The summed E-state index contributed by atoms with van der Waals surface area (Å²) in [5.74, 6) is -0.0514. The highest BCUT2D eigenvalue weighted by Gasteiger charge is 2.40. The lowest BCUT2D eigenvalue weighted by Gasteiger charge is -2.38. The molecule has 0 bridgehead atoms. The highest BCUT2D eigenvalue weighted by atomic mass is 19.1. The number of fused-ring (bicyclic) bond motifs is 3. The lowest BCUT2D eigenvalue weighted by atomic mass is 9.76. The zero-order chi connectivity index (χ0) is 16.0. The van der Waals surface area contributed by atoms with E-state index in [2.05, 4.69) is 17.5 Å². The van der Waals surface area contributed by atoms with Crippen molar-refractivity contribution in [3.8, 4) is 5.75 Å². The van der Waals surface area contributed by atoms with Crippen molar-refractivity contribution in [3.63, 3.8) is 0 Å². The molecule has 1 N–H and O–H groups in total. The van der Waals surface area contributed by atoms with E-state index in [0.717, 1.165) is 23.8 Å². The SMILES string of the molecule is COc1ccccc1[C@@H]1Nc2c(F)cc(F)cc2[C@H]2C=CC[C@H]21. The molecule has 23 heavy (non-hydrogen) atoms. The largest absolute Gasteiger partial charge is 0.496 e. The Labute approximate surface area is 133 Å². The standard InChI is InChI=1S/C19H17F2NO/c1-23-17-8-3-2-5-14(17)18-13-7-4-6-12(13)15-9-11(20)10-16(21)19(15)22-18/h2-6,8-10,12-13,18,22H,7H2,1H3/t12-,13+,18+/m0/s1. The Morgan fingerprint density at radius 1 is 1.13 bits per heavy atom. The van der Waals surface area contributed by atoms with Gasteiger partial charge < -0.3 is 10.1 Å². The van der Waals surface area contributed by atoms with Crippen molar-refractivity contribution in [3.05, 3.63) is 71.3 Å². The van der Waals surface area contributed by atoms with Gasteiger partial charge in [0.05, 0.1) is 18.8 Å². The maximum absolute atomic E-state index is 14.3. The van der Waals surface area contributed by atoms with Crippen molar-refractivity contribution in [2.24, 2.45) is 5.92 Å². The van der Waals surface area contributed by atoms with Crippen LogP contribution in [0.4, 0.5) is 14.5 Å². The average Bonchev–Trinajstić information content (AvgIpc) is 3.04. The summed E-state index contributed by atoms with van der Waals surface area (Å²) in [6.07, 6.45) is 5.03. The van der Waals surface area contributed by atoms with Crippen LogP contribution < -0.4 is 10.1 Å². The van der Waals surface area contributed by atoms with Crippen LogP contribution in [0.1, 0.15) is 29.5 Å². The van der Waals surface area contributed by atoms with Gasteiger partial charge in [0.25, 0.3) is 0 Å². The number of benzene rings is 2. The van der Waals surface area contributed by atoms with Crippen LogP contribution in [0.2, 0.25) is 0 Å². The van der Waals surface area contributed by atoms with Crippen LogP contribution >= 0.6 is 0 Å². The van der Waals surface area contributed by atoms with Gasteiger partial charge in [0.1, 0.15) is 17.4 Å². The summed E-state index contributed by atoms with van der Waals surface area (Å²) in [5, 5.41) is 3.29. The molecule has 4 heteroatoms. The van der Waals surface area contributed by atoms with E-state index in [1.807, 2.05) is 24.3 Å². The van der Waals surface area contributed by atoms with E-state index in [-0.39, 0.29) is 17.9 Å². The Kier molecular flexibility index (Phi) is 3.33. The minimum absolute atomic E-state index is 0.0198. The molecule has 1 aliphatic carbocycles. The Balaban J connectivity index is 1.85. The predicted molar refractivity (Wildman–Crippen MR) is 85.7 cm³/mol. The fourth-order valence-corrected chi connectivity index (χ4v) is 3.85. The molecule has 0 fully saturated rings. The molecule has 2 aliphatic rings. The number of allylic oxidation sites excluding steroid dienone is 2. The van der Waals surface area contributed by atoms with Gasteiger partial charge in [-0.3, -0.25) is 0 Å². The number of methoxy groups -OCH3 is 1. The fourth-order valence-electron chi connectivity index (χ4n) is 3.85. The number of halogens is 2. The fraction of sp³-hybridized carbons (Fsp3) is 0.263. The van der Waals surface area contributed by atoms with Gasteiger partial charge in [0, 0.05) is 17.5 Å². The van der Waals surface area contributed by atoms with Crippen molar-refractivity contribution in [2.75, 3.05) is 12.4 Å². The van der Waals surface area contributed by atoms with Crippen LogP contribution in [0.5, 0.6) is 5.75 Å². The third kappa shape index (κ3) is 2.21. The van der Waals surface area contributed by atoms with Crippen molar-refractivity contribution in [2.45, 2.75) is 18.4 Å². The highest BCUT2D eigenvalue weighted by Crippen LogP contribution is 2.51. The van der Waals surface area contributed by atoms with Gasteiger partial charge in [0.15, 0.2) is 0 Å². The molecule has 0 aromatic heterocycles. The Hall–Kier alpha value is -2.36. The summed E-state index contributed by atoms with van der Waals surface area (Å²) in [6, 6.07) is 10.1. The van der Waals surface area contributed by atoms with Crippen molar-refractivity contribution < 1.29 is 13.5 Å². The smallest absolute Gasteiger partial charge is 0.149 e. The molecular formula is C19H17F2NO. The first-order valence-corrected chi connectivity index (χ1v) is 7.74. The van der Waals surface area contributed by atoms with E-state index in [1.165, 1.54) is 6.07 Å². The molecule has 0 unspecified atom stereocenters. The first-order valence-electron chi connectivity index (χ1n) is 7.74. The number of para-hydroxylation sites is 1. The molecule has 0 amide bonds. The molecule has 1 heterocycles. The normalized spacial score (nSPS) is 24.7. The van der Waals surface area contributed by atoms with Crippen LogP contribution in [-0.4, -0.2) is 7.11 Å². The lowest BCUT2D eigenvalue weighted by molar-refractivity contribution is 0.379. The zero-order valence-corrected chi connectivity index (χ0v) is 12.7.